The third kappa shape index (κ3) is 3.90. The maximum absolute atomic E-state index is 11.5. The van der Waals surface area contributed by atoms with Crippen molar-refractivity contribution >= 4 is 23.4 Å². The molecule has 0 unspecified atom stereocenters. The zero-order valence-electron chi connectivity index (χ0n) is 11.6. The van der Waals surface area contributed by atoms with Gasteiger partial charge in [-0.2, -0.15) is 5.26 Å². The number of hydrogen-bond acceptors (Lipinski definition) is 4. The number of anilines is 1. The number of benzene rings is 1. The molecule has 0 radical (unpaired) electrons. The van der Waals surface area contributed by atoms with Gasteiger partial charge in [-0.25, -0.2) is 0 Å². The predicted octanol–water partition coefficient (Wildman–Crippen LogP) is 2.24. The summed E-state index contributed by atoms with van der Waals surface area (Å²) >= 11 is 1.64. The van der Waals surface area contributed by atoms with Crippen LogP contribution >= 0.6 is 11.8 Å². The summed E-state index contributed by atoms with van der Waals surface area (Å²) in [6.07, 6.45) is 0. The van der Waals surface area contributed by atoms with E-state index >= 15 is 0 Å². The van der Waals surface area contributed by atoms with Crippen LogP contribution in [0.15, 0.2) is 23.1 Å². The standard InChI is InChI=1S/C14H19N3OS/c1-4-17(10-14(18)16-3)12-7-6-8-13(19-5-2)11(12)9-15/h6-8H,4-5,10H2,1-3H3,(H,16,18). The van der Waals surface area contributed by atoms with E-state index < -0.39 is 0 Å². The van der Waals surface area contributed by atoms with E-state index in [-0.39, 0.29) is 12.5 Å². The van der Waals surface area contributed by atoms with Gasteiger partial charge in [0, 0.05) is 18.5 Å². The number of likely N-dealkylation sites (N-methyl/N-ethyl adjacent to an activating group) is 2. The first-order valence-electron chi connectivity index (χ1n) is 6.29. The Labute approximate surface area is 118 Å². The second kappa shape index (κ2) is 7.70. The number of thioether (sulfide) groups is 1. The van der Waals surface area contributed by atoms with Crippen molar-refractivity contribution in [3.8, 4) is 6.07 Å². The Bertz CT molecular complexity index is 482. The monoisotopic (exact) mass is 277 g/mol. The Kier molecular flexibility index (Phi) is 6.23. The second-order valence-electron chi connectivity index (χ2n) is 3.88. The molecule has 0 aliphatic carbocycles. The van der Waals surface area contributed by atoms with Crippen LogP contribution in [0.2, 0.25) is 0 Å². The van der Waals surface area contributed by atoms with Crippen LogP contribution in [0.3, 0.4) is 0 Å². The third-order valence-corrected chi connectivity index (χ3v) is 3.69. The average molecular weight is 277 g/mol. The van der Waals surface area contributed by atoms with Gasteiger partial charge < -0.3 is 10.2 Å². The molecular formula is C14H19N3OS. The second-order valence-corrected chi connectivity index (χ2v) is 5.19. The van der Waals surface area contributed by atoms with E-state index in [1.165, 1.54) is 0 Å². The summed E-state index contributed by atoms with van der Waals surface area (Å²) in [6, 6.07) is 8.03. The molecular weight excluding hydrogens is 258 g/mol. The van der Waals surface area contributed by atoms with Crippen LogP contribution in [0.1, 0.15) is 19.4 Å². The minimum absolute atomic E-state index is 0.0562. The first-order chi connectivity index (χ1) is 9.17. The van der Waals surface area contributed by atoms with Crippen LogP contribution in [-0.2, 0) is 4.79 Å². The smallest absolute Gasteiger partial charge is 0.239 e. The lowest BCUT2D eigenvalue weighted by Gasteiger charge is -2.24. The molecule has 0 bridgehead atoms. The number of amides is 1. The molecule has 0 heterocycles. The SMILES string of the molecule is CCSc1cccc(N(CC)CC(=O)NC)c1C#N. The lowest BCUT2D eigenvalue weighted by molar-refractivity contribution is -0.119. The zero-order valence-corrected chi connectivity index (χ0v) is 12.4. The van der Waals surface area contributed by atoms with Crippen LogP contribution in [0.5, 0.6) is 0 Å². The highest BCUT2D eigenvalue weighted by molar-refractivity contribution is 7.99. The fourth-order valence-corrected chi connectivity index (χ4v) is 2.57. The van der Waals surface area contributed by atoms with Gasteiger partial charge in [-0.05, 0) is 24.8 Å². The van der Waals surface area contributed by atoms with E-state index in [4.69, 9.17) is 0 Å². The highest BCUT2D eigenvalue weighted by atomic mass is 32.2. The van der Waals surface area contributed by atoms with Crippen molar-refractivity contribution in [1.29, 1.82) is 5.26 Å². The number of hydrogen-bond donors (Lipinski definition) is 1. The summed E-state index contributed by atoms with van der Waals surface area (Å²) in [5.41, 5.74) is 1.48. The number of nitrogens with one attached hydrogen (secondary N) is 1. The Morgan fingerprint density at radius 2 is 2.21 bits per heavy atom. The molecule has 1 rings (SSSR count). The van der Waals surface area contributed by atoms with Gasteiger partial charge in [0.15, 0.2) is 0 Å². The van der Waals surface area contributed by atoms with E-state index in [2.05, 4.69) is 18.3 Å². The summed E-state index contributed by atoms with van der Waals surface area (Å²) in [4.78, 5) is 14.4. The molecule has 0 fully saturated rings. The van der Waals surface area contributed by atoms with E-state index in [9.17, 15) is 10.1 Å². The van der Waals surface area contributed by atoms with E-state index in [1.54, 1.807) is 18.8 Å². The van der Waals surface area contributed by atoms with Crippen LogP contribution in [0.4, 0.5) is 5.69 Å². The van der Waals surface area contributed by atoms with Gasteiger partial charge >= 0.3 is 0 Å². The molecule has 1 N–H and O–H groups in total. The minimum atomic E-state index is -0.0562. The molecule has 0 atom stereocenters. The molecule has 0 saturated carbocycles. The van der Waals surface area contributed by atoms with Crippen molar-refractivity contribution in [2.75, 3.05) is 30.8 Å². The van der Waals surface area contributed by atoms with Crippen LogP contribution in [0.25, 0.3) is 0 Å². The van der Waals surface area contributed by atoms with Crippen molar-refractivity contribution in [2.45, 2.75) is 18.7 Å². The lowest BCUT2D eigenvalue weighted by Crippen LogP contribution is -2.35. The summed E-state index contributed by atoms with van der Waals surface area (Å²) in [5.74, 6) is 0.860. The van der Waals surface area contributed by atoms with Gasteiger partial charge in [-0.1, -0.05) is 13.0 Å². The molecule has 5 heteroatoms. The number of nitriles is 1. The Morgan fingerprint density at radius 3 is 2.74 bits per heavy atom. The van der Waals surface area contributed by atoms with E-state index in [0.29, 0.717) is 12.1 Å². The van der Waals surface area contributed by atoms with Crippen LogP contribution in [-0.4, -0.2) is 31.8 Å². The van der Waals surface area contributed by atoms with Gasteiger partial charge in [0.25, 0.3) is 0 Å². The van der Waals surface area contributed by atoms with Crippen LogP contribution < -0.4 is 10.2 Å². The number of carbonyl (C=O) groups excluding carboxylic acids is 1. The van der Waals surface area contributed by atoms with Gasteiger partial charge in [-0.3, -0.25) is 4.79 Å². The van der Waals surface area contributed by atoms with Crippen molar-refractivity contribution in [3.05, 3.63) is 23.8 Å². The van der Waals surface area contributed by atoms with Crippen molar-refractivity contribution < 1.29 is 4.79 Å². The first kappa shape index (κ1) is 15.4. The normalized spacial score (nSPS) is 9.79. The topological polar surface area (TPSA) is 56.1 Å². The van der Waals surface area contributed by atoms with E-state index in [0.717, 1.165) is 16.3 Å². The number of rotatable bonds is 6. The summed E-state index contributed by atoms with van der Waals surface area (Å²) in [5, 5.41) is 12.0. The molecule has 1 aromatic carbocycles. The Morgan fingerprint density at radius 1 is 1.47 bits per heavy atom. The van der Waals surface area contributed by atoms with Crippen molar-refractivity contribution in [2.24, 2.45) is 0 Å². The molecule has 0 spiro atoms. The van der Waals surface area contributed by atoms with Gasteiger partial charge in [0.05, 0.1) is 17.8 Å². The molecule has 102 valence electrons. The van der Waals surface area contributed by atoms with Crippen molar-refractivity contribution in [1.82, 2.24) is 5.32 Å². The number of carbonyl (C=O) groups is 1. The van der Waals surface area contributed by atoms with Gasteiger partial charge in [0.1, 0.15) is 6.07 Å². The number of nitrogens with zero attached hydrogens (tertiary/aromatic N) is 2. The summed E-state index contributed by atoms with van der Waals surface area (Å²) < 4.78 is 0. The van der Waals surface area contributed by atoms with Gasteiger partial charge in [-0.15, -0.1) is 11.8 Å². The highest BCUT2D eigenvalue weighted by Gasteiger charge is 2.15. The molecule has 0 aromatic heterocycles. The zero-order chi connectivity index (χ0) is 14.3. The van der Waals surface area contributed by atoms with Crippen molar-refractivity contribution in [3.63, 3.8) is 0 Å². The quantitative estimate of drug-likeness (QED) is 0.810. The lowest BCUT2D eigenvalue weighted by atomic mass is 10.1. The molecule has 1 amide bonds. The van der Waals surface area contributed by atoms with Gasteiger partial charge in [0.2, 0.25) is 5.91 Å². The summed E-state index contributed by atoms with van der Waals surface area (Å²) in [7, 11) is 1.62. The average Bonchev–Trinajstić information content (AvgIpc) is 2.44. The fourth-order valence-electron chi connectivity index (χ4n) is 1.79. The first-order valence-corrected chi connectivity index (χ1v) is 7.27. The maximum atomic E-state index is 11.5. The maximum Gasteiger partial charge on any atom is 0.239 e. The molecule has 4 nitrogen and oxygen atoms in total. The third-order valence-electron chi connectivity index (χ3n) is 2.75. The Balaban J connectivity index is 3.13. The summed E-state index contributed by atoms with van der Waals surface area (Å²) in [6.45, 7) is 4.98. The molecule has 0 aliphatic heterocycles. The van der Waals surface area contributed by atoms with E-state index in [1.807, 2.05) is 30.0 Å². The predicted molar refractivity (Wildman–Crippen MR) is 79.5 cm³/mol. The molecule has 19 heavy (non-hydrogen) atoms. The highest BCUT2D eigenvalue weighted by Crippen LogP contribution is 2.30. The Hall–Kier alpha value is -1.67. The molecule has 0 saturated heterocycles. The minimum Gasteiger partial charge on any atom is -0.361 e. The largest absolute Gasteiger partial charge is 0.361 e. The fraction of sp³-hybridized carbons (Fsp3) is 0.429. The molecule has 1 aromatic rings. The molecule has 0 aliphatic rings. The van der Waals surface area contributed by atoms with Crippen LogP contribution in [0, 0.1) is 11.3 Å².